The van der Waals surface area contributed by atoms with Crippen molar-refractivity contribution in [3.63, 3.8) is 0 Å². The summed E-state index contributed by atoms with van der Waals surface area (Å²) in [5.41, 5.74) is 4.63. The number of aromatic nitrogens is 4. The number of imidazole rings is 1. The van der Waals surface area contributed by atoms with Gasteiger partial charge in [0.1, 0.15) is 17.5 Å². The van der Waals surface area contributed by atoms with E-state index in [0.717, 1.165) is 5.52 Å². The minimum atomic E-state index is 0.418. The molecule has 0 unspecified atom stereocenters. The van der Waals surface area contributed by atoms with Crippen LogP contribution in [0.3, 0.4) is 0 Å². The van der Waals surface area contributed by atoms with Gasteiger partial charge in [-0.25, -0.2) is 15.0 Å². The number of fused-ring (bicyclic) bond motifs is 1. The minimum Gasteiger partial charge on any atom is -0.358 e. The van der Waals surface area contributed by atoms with Crippen molar-refractivity contribution in [2.75, 3.05) is 6.54 Å². The van der Waals surface area contributed by atoms with Gasteiger partial charge in [0.2, 0.25) is 0 Å². The first-order valence-corrected chi connectivity index (χ1v) is 5.54. The van der Waals surface area contributed by atoms with E-state index in [4.69, 9.17) is 12.2 Å². The predicted octanol–water partition coefficient (Wildman–Crippen LogP) is 0.337. The van der Waals surface area contributed by atoms with Gasteiger partial charge in [0.25, 0.3) is 0 Å². The molecule has 2 aromatic rings. The molecule has 0 atom stereocenters. The highest BCUT2D eigenvalue weighted by Crippen LogP contribution is 2.06. The van der Waals surface area contributed by atoms with Gasteiger partial charge < -0.3 is 10.3 Å². The van der Waals surface area contributed by atoms with Crippen LogP contribution in [0, 0.1) is 0 Å². The highest BCUT2D eigenvalue weighted by Gasteiger charge is 2.02. The van der Waals surface area contributed by atoms with Crippen LogP contribution in [0.15, 0.2) is 30.4 Å². The maximum absolute atomic E-state index is 4.98. The summed E-state index contributed by atoms with van der Waals surface area (Å²) in [4.78, 5) is 15.1. The molecule has 0 radical (unpaired) electrons. The second-order valence-electron chi connectivity index (χ2n) is 3.23. The number of H-pyrrole nitrogens is 1. The van der Waals surface area contributed by atoms with Crippen molar-refractivity contribution in [1.82, 2.24) is 30.7 Å². The number of nitrogens with zero attached hydrogens (tertiary/aromatic N) is 4. The summed E-state index contributed by atoms with van der Waals surface area (Å²) in [5, 5.41) is 7.28. The molecule has 2 heterocycles. The Labute approximate surface area is 108 Å². The van der Waals surface area contributed by atoms with Crippen molar-refractivity contribution in [2.24, 2.45) is 5.10 Å². The first-order chi connectivity index (χ1) is 8.81. The molecule has 0 aromatic carbocycles. The van der Waals surface area contributed by atoms with Crippen LogP contribution in [0.5, 0.6) is 0 Å². The van der Waals surface area contributed by atoms with Crippen LogP contribution in [0.2, 0.25) is 0 Å². The van der Waals surface area contributed by atoms with Crippen molar-refractivity contribution in [2.45, 2.75) is 0 Å². The van der Waals surface area contributed by atoms with Crippen molar-refractivity contribution < 1.29 is 0 Å². The van der Waals surface area contributed by atoms with Crippen LogP contribution in [0.1, 0.15) is 5.69 Å². The van der Waals surface area contributed by atoms with Gasteiger partial charge in [0.05, 0.1) is 12.5 Å². The standard InChI is InChI=1S/C10H11N7S/c1-2-3-11-10(18)17-16-4-7-8-9(14-5-12-7)15-6-13-8/h2,4-6H,1,3H2,(H2,11,17,18)(H,12,13,14,15)/b16-4-. The lowest BCUT2D eigenvalue weighted by Crippen LogP contribution is -2.31. The maximum Gasteiger partial charge on any atom is 0.187 e. The fraction of sp³-hybridized carbons (Fsp3) is 0.100. The van der Waals surface area contributed by atoms with Crippen LogP contribution in [-0.4, -0.2) is 37.8 Å². The molecule has 0 spiro atoms. The lowest BCUT2D eigenvalue weighted by atomic mass is 10.4. The van der Waals surface area contributed by atoms with E-state index >= 15 is 0 Å². The van der Waals surface area contributed by atoms with E-state index in [1.165, 1.54) is 6.33 Å². The molecule has 7 nitrogen and oxygen atoms in total. The van der Waals surface area contributed by atoms with E-state index < -0.39 is 0 Å². The lowest BCUT2D eigenvalue weighted by Gasteiger charge is -2.02. The van der Waals surface area contributed by atoms with Crippen LogP contribution in [0.25, 0.3) is 11.2 Å². The SMILES string of the molecule is C=CCNC(=S)N/N=C\c1ncnc2nc[nH]c12. The molecular formula is C10H11N7S. The first kappa shape index (κ1) is 12.1. The summed E-state index contributed by atoms with van der Waals surface area (Å²) in [6, 6.07) is 0. The zero-order valence-electron chi connectivity index (χ0n) is 9.42. The number of hydrogen-bond acceptors (Lipinski definition) is 5. The Hall–Kier alpha value is -2.35. The largest absolute Gasteiger partial charge is 0.358 e. The van der Waals surface area contributed by atoms with Crippen LogP contribution in [-0.2, 0) is 0 Å². The van der Waals surface area contributed by atoms with Gasteiger partial charge in [-0.3, -0.25) is 5.43 Å². The number of aromatic amines is 1. The Kier molecular flexibility index (Phi) is 3.92. The van der Waals surface area contributed by atoms with Crippen molar-refractivity contribution >= 4 is 34.7 Å². The molecule has 0 aliphatic carbocycles. The highest BCUT2D eigenvalue weighted by molar-refractivity contribution is 7.80. The fourth-order valence-corrected chi connectivity index (χ4v) is 1.37. The van der Waals surface area contributed by atoms with Gasteiger partial charge in [-0.05, 0) is 12.2 Å². The summed E-state index contributed by atoms with van der Waals surface area (Å²) in [6.45, 7) is 4.16. The first-order valence-electron chi connectivity index (χ1n) is 5.13. The molecule has 2 rings (SSSR count). The molecule has 92 valence electrons. The number of thiocarbonyl (C=S) groups is 1. The average molecular weight is 261 g/mol. The highest BCUT2D eigenvalue weighted by atomic mass is 32.1. The Morgan fingerprint density at radius 1 is 1.50 bits per heavy atom. The summed E-state index contributed by atoms with van der Waals surface area (Å²) >= 11 is 4.98. The smallest absolute Gasteiger partial charge is 0.187 e. The van der Waals surface area contributed by atoms with Crippen LogP contribution >= 0.6 is 12.2 Å². The van der Waals surface area contributed by atoms with Crippen molar-refractivity contribution in [1.29, 1.82) is 0 Å². The number of hydrogen-bond donors (Lipinski definition) is 3. The molecule has 0 fully saturated rings. The number of nitrogens with one attached hydrogen (secondary N) is 3. The third-order valence-corrected chi connectivity index (χ3v) is 2.25. The summed E-state index contributed by atoms with van der Waals surface area (Å²) < 4.78 is 0. The predicted molar refractivity (Wildman–Crippen MR) is 73.2 cm³/mol. The normalized spacial score (nSPS) is 10.7. The molecule has 0 aliphatic rings. The Morgan fingerprint density at radius 2 is 2.39 bits per heavy atom. The maximum atomic E-state index is 4.98. The number of rotatable bonds is 4. The topological polar surface area (TPSA) is 90.9 Å². The van der Waals surface area contributed by atoms with Crippen LogP contribution in [0.4, 0.5) is 0 Å². The second kappa shape index (κ2) is 5.82. The fourth-order valence-electron chi connectivity index (χ4n) is 1.24. The van der Waals surface area contributed by atoms with E-state index in [1.54, 1.807) is 18.6 Å². The zero-order valence-corrected chi connectivity index (χ0v) is 10.2. The molecule has 0 amide bonds. The van der Waals surface area contributed by atoms with Crippen molar-refractivity contribution in [3.05, 3.63) is 31.0 Å². The molecule has 2 aromatic heterocycles. The Morgan fingerprint density at radius 3 is 3.22 bits per heavy atom. The summed E-state index contributed by atoms with van der Waals surface area (Å²) in [5.74, 6) is 0. The van der Waals surface area contributed by atoms with Gasteiger partial charge in [-0.15, -0.1) is 6.58 Å². The molecule has 18 heavy (non-hydrogen) atoms. The third kappa shape index (κ3) is 2.86. The molecule has 0 saturated heterocycles. The van der Waals surface area contributed by atoms with E-state index in [0.29, 0.717) is 23.0 Å². The quantitative estimate of drug-likeness (QED) is 0.318. The third-order valence-electron chi connectivity index (χ3n) is 2.01. The summed E-state index contributed by atoms with van der Waals surface area (Å²) in [6.07, 6.45) is 6.24. The minimum absolute atomic E-state index is 0.418. The van der Waals surface area contributed by atoms with E-state index in [2.05, 4.69) is 42.4 Å². The Balaban J connectivity index is 2.02. The number of hydrazone groups is 1. The molecule has 8 heteroatoms. The van der Waals surface area contributed by atoms with Gasteiger partial charge in [-0.2, -0.15) is 5.10 Å². The molecule has 0 bridgehead atoms. The second-order valence-corrected chi connectivity index (χ2v) is 3.64. The molecule has 0 saturated carbocycles. The zero-order chi connectivity index (χ0) is 12.8. The average Bonchev–Trinajstić information content (AvgIpc) is 2.85. The van der Waals surface area contributed by atoms with E-state index in [9.17, 15) is 0 Å². The van der Waals surface area contributed by atoms with Crippen molar-refractivity contribution in [3.8, 4) is 0 Å². The summed E-state index contributed by atoms with van der Waals surface area (Å²) in [7, 11) is 0. The van der Waals surface area contributed by atoms with E-state index in [-0.39, 0.29) is 0 Å². The van der Waals surface area contributed by atoms with Gasteiger partial charge in [-0.1, -0.05) is 6.08 Å². The lowest BCUT2D eigenvalue weighted by molar-refractivity contribution is 0.941. The molecular weight excluding hydrogens is 250 g/mol. The van der Waals surface area contributed by atoms with Crippen LogP contribution < -0.4 is 10.7 Å². The van der Waals surface area contributed by atoms with Gasteiger partial charge in [0, 0.05) is 6.54 Å². The Bertz CT molecular complexity index is 589. The monoisotopic (exact) mass is 261 g/mol. The molecule has 0 aliphatic heterocycles. The van der Waals surface area contributed by atoms with Gasteiger partial charge in [0.15, 0.2) is 10.8 Å². The molecule has 3 N–H and O–H groups in total. The van der Waals surface area contributed by atoms with Gasteiger partial charge >= 0.3 is 0 Å². The van der Waals surface area contributed by atoms with E-state index in [1.807, 2.05) is 0 Å².